The van der Waals surface area contributed by atoms with Crippen LogP contribution in [0, 0.1) is 0 Å². The molecule has 0 fully saturated rings. The lowest BCUT2D eigenvalue weighted by atomic mass is 10.3. The maximum absolute atomic E-state index is 12.0. The summed E-state index contributed by atoms with van der Waals surface area (Å²) in [6.07, 6.45) is -18.0. The quantitative estimate of drug-likeness (QED) is 0.254. The molecule has 0 spiro atoms. The van der Waals surface area contributed by atoms with Gasteiger partial charge < -0.3 is 14.2 Å². The molecule has 152 valence electrons. The number of rotatable bonds is 12. The second kappa shape index (κ2) is 11.1. The van der Waals surface area contributed by atoms with Gasteiger partial charge in [-0.25, -0.2) is 0 Å². The van der Waals surface area contributed by atoms with Gasteiger partial charge in [-0.3, -0.25) is 0 Å². The zero-order valence-corrected chi connectivity index (χ0v) is 13.1. The average molecular weight is 394 g/mol. The summed E-state index contributed by atoms with van der Waals surface area (Å²) in [6.45, 7) is -3.02. The molecule has 25 heavy (non-hydrogen) atoms. The number of halogens is 9. The SMILES string of the molecule is FC(F)(F)CCCOC(OCCCC(F)(F)F)OCCCC(F)(F)F. The summed E-state index contributed by atoms with van der Waals surface area (Å²) in [7, 11) is 0. The molecular formula is C13H19F9O3. The maximum atomic E-state index is 12.0. The van der Waals surface area contributed by atoms with E-state index in [2.05, 4.69) is 0 Å². The van der Waals surface area contributed by atoms with Gasteiger partial charge in [0, 0.05) is 19.3 Å². The molecule has 0 saturated heterocycles. The molecule has 0 aliphatic rings. The molecule has 0 aliphatic heterocycles. The summed E-state index contributed by atoms with van der Waals surface area (Å²) in [6, 6.07) is 0. The lowest BCUT2D eigenvalue weighted by Gasteiger charge is -2.19. The molecule has 0 amide bonds. The van der Waals surface area contributed by atoms with E-state index in [4.69, 9.17) is 14.2 Å². The summed E-state index contributed by atoms with van der Waals surface area (Å²) < 4.78 is 122. The molecule has 12 heteroatoms. The van der Waals surface area contributed by atoms with E-state index in [0.29, 0.717) is 0 Å². The van der Waals surface area contributed by atoms with E-state index in [1.54, 1.807) is 0 Å². The Kier molecular flexibility index (Phi) is 10.7. The molecule has 0 rings (SSSR count). The first-order chi connectivity index (χ1) is 11.3. The topological polar surface area (TPSA) is 27.7 Å². The van der Waals surface area contributed by atoms with Gasteiger partial charge in [0.15, 0.2) is 0 Å². The standard InChI is InChI=1S/C13H19F9O3/c14-11(15,16)4-1-7-23-10(24-8-2-5-12(17,18)19)25-9-3-6-13(20,21)22/h10H,1-9H2. The van der Waals surface area contributed by atoms with E-state index in [0.717, 1.165) is 0 Å². The van der Waals surface area contributed by atoms with Crippen LogP contribution in [0.2, 0.25) is 0 Å². The van der Waals surface area contributed by atoms with Crippen molar-refractivity contribution in [2.24, 2.45) is 0 Å². The van der Waals surface area contributed by atoms with Gasteiger partial charge in [-0.2, -0.15) is 39.5 Å². The van der Waals surface area contributed by atoms with Crippen LogP contribution in [0.4, 0.5) is 39.5 Å². The van der Waals surface area contributed by atoms with E-state index >= 15 is 0 Å². The van der Waals surface area contributed by atoms with Crippen LogP contribution in [0.5, 0.6) is 0 Å². The smallest absolute Gasteiger partial charge is 0.330 e. The zero-order chi connectivity index (χ0) is 19.6. The molecule has 0 aromatic carbocycles. The number of ether oxygens (including phenoxy) is 3. The normalized spacial score (nSPS) is 13.7. The Morgan fingerprint density at radius 3 is 0.920 bits per heavy atom. The Balaban J connectivity index is 4.12. The molecule has 0 bridgehead atoms. The first-order valence-corrected chi connectivity index (χ1v) is 7.33. The summed E-state index contributed by atoms with van der Waals surface area (Å²) >= 11 is 0. The molecule has 0 radical (unpaired) electrons. The van der Waals surface area contributed by atoms with Gasteiger partial charge in [0.2, 0.25) is 0 Å². The number of alkyl halides is 9. The lowest BCUT2D eigenvalue weighted by molar-refractivity contribution is -0.292. The van der Waals surface area contributed by atoms with Gasteiger partial charge in [-0.1, -0.05) is 0 Å². The van der Waals surface area contributed by atoms with Crippen LogP contribution < -0.4 is 0 Å². The third-order valence-electron chi connectivity index (χ3n) is 2.58. The van der Waals surface area contributed by atoms with Crippen molar-refractivity contribution in [2.45, 2.75) is 63.5 Å². The van der Waals surface area contributed by atoms with Crippen molar-refractivity contribution in [2.75, 3.05) is 19.8 Å². The van der Waals surface area contributed by atoms with Crippen molar-refractivity contribution < 1.29 is 53.7 Å². The average Bonchev–Trinajstić information content (AvgIpc) is 2.40. The van der Waals surface area contributed by atoms with Gasteiger partial charge in [-0.05, 0) is 19.3 Å². The molecule has 0 aromatic rings. The molecule has 0 N–H and O–H groups in total. The predicted octanol–water partition coefficient (Wildman–Crippen LogP) is 5.35. The minimum atomic E-state index is -4.40. The molecule has 0 aliphatic carbocycles. The number of hydrogen-bond donors (Lipinski definition) is 0. The van der Waals surface area contributed by atoms with Gasteiger partial charge in [0.25, 0.3) is 6.48 Å². The molecule has 0 unspecified atom stereocenters. The third kappa shape index (κ3) is 19.4. The monoisotopic (exact) mass is 394 g/mol. The molecule has 0 aromatic heterocycles. The van der Waals surface area contributed by atoms with Gasteiger partial charge in [0.1, 0.15) is 0 Å². The van der Waals surface area contributed by atoms with Gasteiger partial charge >= 0.3 is 18.5 Å². The molecule has 0 heterocycles. The predicted molar refractivity (Wildman–Crippen MR) is 67.5 cm³/mol. The highest BCUT2D eigenvalue weighted by atomic mass is 19.4. The Labute approximate surface area is 138 Å². The van der Waals surface area contributed by atoms with Crippen LogP contribution >= 0.6 is 0 Å². The molecule has 0 atom stereocenters. The van der Waals surface area contributed by atoms with E-state index in [1.165, 1.54) is 0 Å². The van der Waals surface area contributed by atoms with Gasteiger partial charge in [0.05, 0.1) is 19.8 Å². The fraction of sp³-hybridized carbons (Fsp3) is 1.00. The van der Waals surface area contributed by atoms with Crippen molar-refractivity contribution in [3.05, 3.63) is 0 Å². The summed E-state index contributed by atoms with van der Waals surface area (Å²) in [5.41, 5.74) is 0. The van der Waals surface area contributed by atoms with Crippen LogP contribution in [-0.2, 0) is 14.2 Å². The highest BCUT2D eigenvalue weighted by molar-refractivity contribution is 4.52. The van der Waals surface area contributed by atoms with E-state index in [1.807, 2.05) is 0 Å². The van der Waals surface area contributed by atoms with Crippen LogP contribution in [0.25, 0.3) is 0 Å². The minimum absolute atomic E-state index is 0.447. The second-order valence-electron chi connectivity index (χ2n) is 5.06. The van der Waals surface area contributed by atoms with Crippen molar-refractivity contribution in [1.82, 2.24) is 0 Å². The lowest BCUT2D eigenvalue weighted by Crippen LogP contribution is -2.24. The Morgan fingerprint density at radius 1 is 0.480 bits per heavy atom. The summed E-state index contributed by atoms with van der Waals surface area (Å²) in [5.74, 6) is 0. The van der Waals surface area contributed by atoms with E-state index < -0.39 is 83.4 Å². The molecule has 0 saturated carbocycles. The van der Waals surface area contributed by atoms with Crippen molar-refractivity contribution in [1.29, 1.82) is 0 Å². The highest BCUT2D eigenvalue weighted by Crippen LogP contribution is 2.23. The Bertz CT molecular complexity index is 287. The first kappa shape index (κ1) is 24.2. The van der Waals surface area contributed by atoms with Crippen LogP contribution in [0.3, 0.4) is 0 Å². The summed E-state index contributed by atoms with van der Waals surface area (Å²) in [4.78, 5) is 0. The Morgan fingerprint density at radius 2 is 0.720 bits per heavy atom. The zero-order valence-electron chi connectivity index (χ0n) is 13.1. The first-order valence-electron chi connectivity index (χ1n) is 7.33. The largest absolute Gasteiger partial charge is 0.389 e. The molecule has 3 nitrogen and oxygen atoms in total. The minimum Gasteiger partial charge on any atom is -0.330 e. The third-order valence-corrected chi connectivity index (χ3v) is 2.58. The van der Waals surface area contributed by atoms with Crippen LogP contribution in [-0.4, -0.2) is 44.8 Å². The second-order valence-corrected chi connectivity index (χ2v) is 5.06. The highest BCUT2D eigenvalue weighted by Gasteiger charge is 2.28. The van der Waals surface area contributed by atoms with Crippen LogP contribution in [0.1, 0.15) is 38.5 Å². The van der Waals surface area contributed by atoms with E-state index in [9.17, 15) is 39.5 Å². The van der Waals surface area contributed by atoms with Gasteiger partial charge in [-0.15, -0.1) is 0 Å². The van der Waals surface area contributed by atoms with E-state index in [-0.39, 0.29) is 0 Å². The van der Waals surface area contributed by atoms with Crippen molar-refractivity contribution >= 4 is 0 Å². The molecular weight excluding hydrogens is 375 g/mol. The fourth-order valence-corrected chi connectivity index (χ4v) is 1.50. The fourth-order valence-electron chi connectivity index (χ4n) is 1.50. The van der Waals surface area contributed by atoms with Crippen molar-refractivity contribution in [3.63, 3.8) is 0 Å². The van der Waals surface area contributed by atoms with Crippen LogP contribution in [0.15, 0.2) is 0 Å². The maximum Gasteiger partial charge on any atom is 0.389 e. The summed E-state index contributed by atoms with van der Waals surface area (Å²) in [5, 5.41) is 0. The Hall–Kier alpha value is -0.750. The number of hydrogen-bond acceptors (Lipinski definition) is 3. The van der Waals surface area contributed by atoms with Crippen molar-refractivity contribution in [3.8, 4) is 0 Å².